The molecule has 1 amide bonds. The molecule has 0 aliphatic carbocycles. The van der Waals surface area contributed by atoms with Crippen molar-refractivity contribution in [3.05, 3.63) is 47.4 Å². The molecule has 4 aliphatic rings. The fourth-order valence-corrected chi connectivity index (χ4v) is 8.95. The monoisotopic (exact) mass is 696 g/mol. The van der Waals surface area contributed by atoms with Gasteiger partial charge in [-0.15, -0.1) is 0 Å². The summed E-state index contributed by atoms with van der Waals surface area (Å²) < 4.78 is 78.5. The van der Waals surface area contributed by atoms with Crippen LogP contribution in [0.3, 0.4) is 0 Å². The number of fused-ring (bicyclic) bond motifs is 5. The maximum Gasteiger partial charge on any atom is 0.471 e. The van der Waals surface area contributed by atoms with Crippen molar-refractivity contribution in [2.24, 2.45) is 0 Å². The number of pyridine rings is 1. The van der Waals surface area contributed by atoms with E-state index in [9.17, 15) is 27.5 Å². The van der Waals surface area contributed by atoms with Gasteiger partial charge in [0.2, 0.25) is 0 Å². The molecule has 4 saturated heterocycles. The molecule has 14 heteroatoms. The van der Waals surface area contributed by atoms with Crippen LogP contribution < -0.4 is 9.64 Å². The third-order valence-electron chi connectivity index (χ3n) is 11.1. The molecule has 4 atom stereocenters. The Kier molecular flexibility index (Phi) is 7.81. The van der Waals surface area contributed by atoms with Crippen molar-refractivity contribution in [2.45, 2.75) is 82.3 Å². The zero-order valence-electron chi connectivity index (χ0n) is 27.7. The molecule has 0 spiro atoms. The molecular weight excluding hydrogens is 659 g/mol. The maximum absolute atomic E-state index is 17.1. The van der Waals surface area contributed by atoms with Crippen molar-refractivity contribution in [3.8, 4) is 23.0 Å². The van der Waals surface area contributed by atoms with Crippen LogP contribution in [-0.2, 0) is 11.2 Å². The molecule has 2 unspecified atom stereocenters. The van der Waals surface area contributed by atoms with Crippen LogP contribution in [-0.4, -0.2) is 98.5 Å². The van der Waals surface area contributed by atoms with E-state index in [0.29, 0.717) is 43.5 Å². The van der Waals surface area contributed by atoms with E-state index in [1.165, 1.54) is 6.07 Å². The number of carbonyl (C=O) groups is 1. The Bertz CT molecular complexity index is 2010. The number of ether oxygens (including phenoxy) is 1. The molecule has 0 saturated carbocycles. The Morgan fingerprint density at radius 3 is 2.56 bits per heavy atom. The second kappa shape index (κ2) is 11.9. The average Bonchev–Trinajstić information content (AvgIpc) is 3.69. The summed E-state index contributed by atoms with van der Waals surface area (Å²) in [5.74, 6) is -2.43. The summed E-state index contributed by atoms with van der Waals surface area (Å²) in [6.45, 7) is 4.93. The summed E-state index contributed by atoms with van der Waals surface area (Å²) >= 11 is 0. The van der Waals surface area contributed by atoms with Crippen LogP contribution >= 0.6 is 0 Å². The van der Waals surface area contributed by atoms with Gasteiger partial charge in [0.25, 0.3) is 0 Å². The number of aromatic hydroxyl groups is 1. The summed E-state index contributed by atoms with van der Waals surface area (Å²) in [4.78, 5) is 31.2. The van der Waals surface area contributed by atoms with E-state index < -0.39 is 41.7 Å². The number of hydrogen-bond donors (Lipinski definition) is 1. The largest absolute Gasteiger partial charge is 0.508 e. The lowest BCUT2D eigenvalue weighted by molar-refractivity contribution is -0.188. The number of benzene rings is 2. The van der Waals surface area contributed by atoms with E-state index in [1.54, 1.807) is 17.9 Å². The lowest BCUT2D eigenvalue weighted by Crippen LogP contribution is -2.59. The Morgan fingerprint density at radius 1 is 1.08 bits per heavy atom. The Hall–Kier alpha value is -4.33. The molecule has 0 radical (unpaired) electrons. The maximum atomic E-state index is 17.1. The van der Waals surface area contributed by atoms with Crippen LogP contribution in [0.1, 0.15) is 50.3 Å². The van der Waals surface area contributed by atoms with Crippen LogP contribution in [0.2, 0.25) is 0 Å². The van der Waals surface area contributed by atoms with Gasteiger partial charge in [-0.1, -0.05) is 25.1 Å². The summed E-state index contributed by atoms with van der Waals surface area (Å²) in [5, 5.41) is 12.4. The summed E-state index contributed by atoms with van der Waals surface area (Å²) in [6.07, 6.45) is -2.63. The van der Waals surface area contributed by atoms with Crippen LogP contribution in [0.15, 0.2) is 30.3 Å². The van der Waals surface area contributed by atoms with Gasteiger partial charge in [-0.2, -0.15) is 23.1 Å². The van der Waals surface area contributed by atoms with E-state index in [2.05, 4.69) is 9.88 Å². The Morgan fingerprint density at radius 2 is 1.84 bits per heavy atom. The highest BCUT2D eigenvalue weighted by atomic mass is 19.4. The molecule has 2 aromatic carbocycles. The van der Waals surface area contributed by atoms with Crippen molar-refractivity contribution in [1.82, 2.24) is 24.8 Å². The van der Waals surface area contributed by atoms with Gasteiger partial charge in [0.15, 0.2) is 5.82 Å². The zero-order valence-corrected chi connectivity index (χ0v) is 27.7. The Labute approximate surface area is 285 Å². The van der Waals surface area contributed by atoms with Gasteiger partial charge < -0.3 is 19.6 Å². The molecule has 4 aliphatic heterocycles. The highest BCUT2D eigenvalue weighted by Gasteiger charge is 2.52. The number of amides is 1. The van der Waals surface area contributed by atoms with Gasteiger partial charge in [0, 0.05) is 31.6 Å². The number of halogens is 5. The van der Waals surface area contributed by atoms with Gasteiger partial charge in [0.05, 0.1) is 28.7 Å². The number of rotatable bonds is 6. The van der Waals surface area contributed by atoms with Crippen molar-refractivity contribution in [1.29, 1.82) is 0 Å². The number of piperazine rings is 1. The molecule has 1 N–H and O–H groups in total. The first-order valence-electron chi connectivity index (χ1n) is 17.2. The number of aromatic nitrogens is 3. The topological polar surface area (TPSA) is 94.9 Å². The fraction of sp³-hybridized carbons (Fsp3) is 0.500. The van der Waals surface area contributed by atoms with Crippen LogP contribution in [0.5, 0.6) is 11.8 Å². The summed E-state index contributed by atoms with van der Waals surface area (Å²) in [6, 6.07) is 7.18. The van der Waals surface area contributed by atoms with Gasteiger partial charge >= 0.3 is 18.1 Å². The molecule has 50 heavy (non-hydrogen) atoms. The lowest BCUT2D eigenvalue weighted by Gasteiger charge is -2.42. The van der Waals surface area contributed by atoms with Gasteiger partial charge in [-0.3, -0.25) is 9.69 Å². The summed E-state index contributed by atoms with van der Waals surface area (Å²) in [7, 11) is 0. The van der Waals surface area contributed by atoms with Gasteiger partial charge in [-0.25, -0.2) is 13.8 Å². The predicted molar refractivity (Wildman–Crippen MR) is 176 cm³/mol. The second-order valence-corrected chi connectivity index (χ2v) is 14.1. The fourth-order valence-electron chi connectivity index (χ4n) is 8.95. The van der Waals surface area contributed by atoms with Crippen molar-refractivity contribution >= 4 is 33.4 Å². The van der Waals surface area contributed by atoms with E-state index in [0.717, 1.165) is 40.6 Å². The average molecular weight is 697 g/mol. The van der Waals surface area contributed by atoms with Crippen LogP contribution in [0.25, 0.3) is 32.9 Å². The number of phenols is 1. The van der Waals surface area contributed by atoms with E-state index >= 15 is 4.39 Å². The molecule has 4 fully saturated rings. The van der Waals surface area contributed by atoms with E-state index in [4.69, 9.17) is 14.7 Å². The minimum Gasteiger partial charge on any atom is -0.508 e. The standard InChI is InChI=1S/C36H37F5N6O3/c1-3-20-6-4-7-21-12-25(48)13-26(28(20)21)30-29(38)31-27(19(2)42-30)32(45-16-23-8-9-24(17-45)47(23)33(49)36(39,40)41)44-34(43-31)50-18-35-10-5-11-46(35)15-22(37)14-35/h4,6-7,12-13,22-24,48H,3,5,8-11,14-18H2,1-2H3/t22-,23?,24?,35+/m1/s1. The second-order valence-electron chi connectivity index (χ2n) is 14.1. The highest BCUT2D eigenvalue weighted by Crippen LogP contribution is 2.43. The number of nitrogens with zero attached hydrogens (tertiary/aromatic N) is 6. The van der Waals surface area contributed by atoms with E-state index in [-0.39, 0.29) is 53.9 Å². The van der Waals surface area contributed by atoms with Crippen molar-refractivity contribution in [2.75, 3.05) is 37.7 Å². The third-order valence-corrected chi connectivity index (χ3v) is 11.1. The first-order chi connectivity index (χ1) is 23.9. The first kappa shape index (κ1) is 32.9. The number of anilines is 1. The zero-order chi connectivity index (χ0) is 35.1. The quantitative estimate of drug-likeness (QED) is 0.237. The SMILES string of the molecule is CCc1cccc2cc(O)cc(-c3nc(C)c4c(N5CC6CCC(C5)N6C(=O)C(F)(F)F)nc(OC[C@@]56CCCN5C[C@H](F)C6)nc4c3F)c12. The van der Waals surface area contributed by atoms with Crippen LogP contribution in [0.4, 0.5) is 27.8 Å². The molecule has 8 rings (SSSR count). The minimum atomic E-state index is -4.99. The molecule has 6 heterocycles. The molecule has 2 bridgehead atoms. The number of alkyl halides is 4. The van der Waals surface area contributed by atoms with E-state index in [1.807, 2.05) is 25.1 Å². The highest BCUT2D eigenvalue weighted by molar-refractivity contribution is 6.02. The van der Waals surface area contributed by atoms with Gasteiger partial charge in [0.1, 0.15) is 35.6 Å². The first-order valence-corrected chi connectivity index (χ1v) is 17.2. The molecule has 9 nitrogen and oxygen atoms in total. The number of hydrogen-bond acceptors (Lipinski definition) is 8. The molecular formula is C36H37F5N6O3. The normalized spacial score (nSPS) is 25.2. The smallest absolute Gasteiger partial charge is 0.471 e. The predicted octanol–water partition coefficient (Wildman–Crippen LogP) is 6.26. The molecule has 2 aromatic heterocycles. The van der Waals surface area contributed by atoms with Gasteiger partial charge in [-0.05, 0) is 74.0 Å². The van der Waals surface area contributed by atoms with Crippen LogP contribution in [0, 0.1) is 12.7 Å². The number of phenolic OH excluding ortho intramolecular Hbond substituents is 1. The Balaban J connectivity index is 1.26. The molecule has 4 aromatic rings. The van der Waals surface area contributed by atoms with Crippen molar-refractivity contribution in [3.63, 3.8) is 0 Å². The summed E-state index contributed by atoms with van der Waals surface area (Å²) in [5.41, 5.74) is 1.06. The molecule has 264 valence electrons. The lowest BCUT2D eigenvalue weighted by atomic mass is 9.94. The number of aryl methyl sites for hydroxylation is 2. The van der Waals surface area contributed by atoms with Crippen molar-refractivity contribution < 1.29 is 36.6 Å². The minimum absolute atomic E-state index is 0.0234. The third kappa shape index (κ3) is 5.28. The number of carbonyl (C=O) groups excluding carboxylic acids is 1.